The molecule has 2 N–H and O–H groups in total. The van der Waals surface area contributed by atoms with E-state index in [0.29, 0.717) is 11.4 Å². The van der Waals surface area contributed by atoms with Gasteiger partial charge in [0.25, 0.3) is 0 Å². The number of nitrogens with zero attached hydrogens (tertiary/aromatic N) is 2. The number of hydrogen-bond acceptors (Lipinski definition) is 5. The maximum Gasteiger partial charge on any atom is 0.230 e. The van der Waals surface area contributed by atoms with E-state index in [2.05, 4.69) is 26.1 Å². The Hall–Kier alpha value is -2.34. The highest BCUT2D eigenvalue weighted by molar-refractivity contribution is 9.10. The zero-order valence-corrected chi connectivity index (χ0v) is 12.8. The first-order chi connectivity index (χ1) is 10.2. The van der Waals surface area contributed by atoms with Gasteiger partial charge in [0, 0.05) is 16.2 Å². The Balaban J connectivity index is 2.19. The van der Waals surface area contributed by atoms with Crippen LogP contribution in [0, 0.1) is 0 Å². The molecule has 0 amide bonds. The van der Waals surface area contributed by atoms with Crippen molar-refractivity contribution in [2.24, 2.45) is 0 Å². The molecule has 0 saturated carbocycles. The number of benzene rings is 1. The lowest BCUT2D eigenvalue weighted by Gasteiger charge is -2.07. The summed E-state index contributed by atoms with van der Waals surface area (Å²) in [4.78, 5) is 4.04. The van der Waals surface area contributed by atoms with Gasteiger partial charge in [0.2, 0.25) is 5.88 Å². The molecule has 21 heavy (non-hydrogen) atoms. The molecule has 0 saturated heterocycles. The van der Waals surface area contributed by atoms with Crippen molar-refractivity contribution in [3.05, 3.63) is 47.2 Å². The molecule has 0 unspecified atom stereocenters. The first kappa shape index (κ1) is 13.6. The third-order valence-corrected chi connectivity index (χ3v) is 3.64. The zero-order valence-electron chi connectivity index (χ0n) is 11.2. The molecule has 2 heterocycles. The Morgan fingerprint density at radius 3 is 2.67 bits per heavy atom. The fourth-order valence-electron chi connectivity index (χ4n) is 2.12. The van der Waals surface area contributed by atoms with E-state index in [1.165, 1.54) is 0 Å². The summed E-state index contributed by atoms with van der Waals surface area (Å²) in [6.07, 6.45) is 3.31. The third-order valence-electron chi connectivity index (χ3n) is 3.11. The Bertz CT molecular complexity index is 769. The minimum atomic E-state index is 0.270. The lowest BCUT2D eigenvalue weighted by atomic mass is 10.0. The minimum absolute atomic E-state index is 0.270. The zero-order chi connectivity index (χ0) is 14.8. The van der Waals surface area contributed by atoms with Crippen LogP contribution in [-0.4, -0.2) is 17.3 Å². The highest BCUT2D eigenvalue weighted by Gasteiger charge is 2.20. The molecule has 3 aromatic rings. The van der Waals surface area contributed by atoms with Crippen LogP contribution >= 0.6 is 15.9 Å². The van der Waals surface area contributed by atoms with Crippen LogP contribution in [0.25, 0.3) is 22.4 Å². The summed E-state index contributed by atoms with van der Waals surface area (Å²) in [5.41, 5.74) is 9.02. The van der Waals surface area contributed by atoms with Crippen molar-refractivity contribution in [3.8, 4) is 28.1 Å². The standard InChI is InChI=1S/C15H12BrN3O2/c1-20-12-8-18-7-6-11(12)14-13(15(17)21-19-14)9-2-4-10(16)5-3-9/h2-8H,17H2,1H3. The third kappa shape index (κ3) is 2.50. The second-order valence-electron chi connectivity index (χ2n) is 4.35. The van der Waals surface area contributed by atoms with Gasteiger partial charge in [-0.3, -0.25) is 4.98 Å². The van der Waals surface area contributed by atoms with Crippen LogP contribution in [0.4, 0.5) is 5.88 Å². The number of nitrogen functional groups attached to an aromatic ring is 1. The van der Waals surface area contributed by atoms with Gasteiger partial charge in [-0.1, -0.05) is 33.2 Å². The van der Waals surface area contributed by atoms with Crippen molar-refractivity contribution < 1.29 is 9.26 Å². The van der Waals surface area contributed by atoms with Gasteiger partial charge >= 0.3 is 0 Å². The van der Waals surface area contributed by atoms with Gasteiger partial charge in [-0.25, -0.2) is 0 Å². The van der Waals surface area contributed by atoms with Crippen LogP contribution in [0.15, 0.2) is 51.7 Å². The van der Waals surface area contributed by atoms with Crippen LogP contribution in [0.5, 0.6) is 5.75 Å². The Kier molecular flexibility index (Phi) is 3.62. The average molecular weight is 346 g/mol. The van der Waals surface area contributed by atoms with Gasteiger partial charge in [-0.15, -0.1) is 0 Å². The molecule has 0 aliphatic carbocycles. The summed E-state index contributed by atoms with van der Waals surface area (Å²) < 4.78 is 11.5. The molecule has 0 aliphatic heterocycles. The van der Waals surface area contributed by atoms with Crippen LogP contribution in [0.3, 0.4) is 0 Å². The van der Waals surface area contributed by atoms with E-state index in [0.717, 1.165) is 21.2 Å². The molecule has 0 aliphatic rings. The second kappa shape index (κ2) is 5.57. The van der Waals surface area contributed by atoms with Crippen LogP contribution < -0.4 is 10.5 Å². The van der Waals surface area contributed by atoms with Crippen molar-refractivity contribution in [2.45, 2.75) is 0 Å². The summed E-state index contributed by atoms with van der Waals surface area (Å²) in [7, 11) is 1.59. The normalized spacial score (nSPS) is 10.6. The lowest BCUT2D eigenvalue weighted by Crippen LogP contribution is -1.92. The molecule has 2 aromatic heterocycles. The Morgan fingerprint density at radius 2 is 1.95 bits per heavy atom. The maximum absolute atomic E-state index is 5.94. The molecule has 106 valence electrons. The van der Waals surface area contributed by atoms with Crippen LogP contribution in [0.2, 0.25) is 0 Å². The van der Waals surface area contributed by atoms with Gasteiger partial charge in [0.1, 0.15) is 11.4 Å². The Morgan fingerprint density at radius 1 is 1.19 bits per heavy atom. The molecule has 0 bridgehead atoms. The molecule has 0 spiro atoms. The van der Waals surface area contributed by atoms with Gasteiger partial charge < -0.3 is 15.0 Å². The number of ether oxygens (including phenoxy) is 1. The van der Waals surface area contributed by atoms with E-state index in [-0.39, 0.29) is 5.88 Å². The molecular weight excluding hydrogens is 334 g/mol. The number of anilines is 1. The van der Waals surface area contributed by atoms with Crippen molar-refractivity contribution in [2.75, 3.05) is 12.8 Å². The lowest BCUT2D eigenvalue weighted by molar-refractivity contribution is 0.412. The monoisotopic (exact) mass is 345 g/mol. The molecule has 0 radical (unpaired) electrons. The van der Waals surface area contributed by atoms with E-state index < -0.39 is 0 Å². The number of nitrogens with two attached hydrogens (primary N) is 1. The SMILES string of the molecule is COc1cnccc1-c1noc(N)c1-c1ccc(Br)cc1. The van der Waals surface area contributed by atoms with Gasteiger partial charge in [-0.05, 0) is 23.8 Å². The molecule has 6 heteroatoms. The van der Waals surface area contributed by atoms with Crippen LogP contribution in [0.1, 0.15) is 0 Å². The van der Waals surface area contributed by atoms with E-state index in [1.807, 2.05) is 30.3 Å². The Labute approximate surface area is 129 Å². The first-order valence-electron chi connectivity index (χ1n) is 6.20. The molecule has 1 aromatic carbocycles. The van der Waals surface area contributed by atoms with E-state index >= 15 is 0 Å². The number of hydrogen-bond donors (Lipinski definition) is 1. The van der Waals surface area contributed by atoms with Crippen molar-refractivity contribution in [3.63, 3.8) is 0 Å². The fourth-order valence-corrected chi connectivity index (χ4v) is 2.38. The molecule has 0 atom stereocenters. The van der Waals surface area contributed by atoms with E-state index in [4.69, 9.17) is 15.0 Å². The van der Waals surface area contributed by atoms with Crippen LogP contribution in [-0.2, 0) is 0 Å². The second-order valence-corrected chi connectivity index (χ2v) is 5.27. The smallest absolute Gasteiger partial charge is 0.230 e. The van der Waals surface area contributed by atoms with Gasteiger partial charge in [0.15, 0.2) is 0 Å². The summed E-state index contributed by atoms with van der Waals surface area (Å²) in [6, 6.07) is 9.59. The van der Waals surface area contributed by atoms with E-state index in [1.54, 1.807) is 19.5 Å². The number of halogens is 1. The van der Waals surface area contributed by atoms with E-state index in [9.17, 15) is 0 Å². The largest absolute Gasteiger partial charge is 0.494 e. The highest BCUT2D eigenvalue weighted by Crippen LogP contribution is 2.39. The number of methoxy groups -OCH3 is 1. The molecule has 5 nitrogen and oxygen atoms in total. The van der Waals surface area contributed by atoms with Gasteiger partial charge in [-0.2, -0.15) is 0 Å². The van der Waals surface area contributed by atoms with Crippen molar-refractivity contribution in [1.29, 1.82) is 0 Å². The number of aromatic nitrogens is 2. The van der Waals surface area contributed by atoms with Crippen molar-refractivity contribution in [1.82, 2.24) is 10.1 Å². The van der Waals surface area contributed by atoms with Gasteiger partial charge in [0.05, 0.1) is 18.9 Å². The predicted molar refractivity (Wildman–Crippen MR) is 83.8 cm³/mol. The summed E-state index contributed by atoms with van der Waals surface area (Å²) in [6.45, 7) is 0. The average Bonchev–Trinajstić information content (AvgIpc) is 2.90. The topological polar surface area (TPSA) is 74.2 Å². The quantitative estimate of drug-likeness (QED) is 0.782. The van der Waals surface area contributed by atoms with Crippen molar-refractivity contribution >= 4 is 21.8 Å². The molecule has 0 fully saturated rings. The summed E-state index contributed by atoms with van der Waals surface area (Å²) in [5.74, 6) is 0.885. The fraction of sp³-hybridized carbons (Fsp3) is 0.0667. The molecule has 3 rings (SSSR count). The summed E-state index contributed by atoms with van der Waals surface area (Å²) >= 11 is 3.41. The number of rotatable bonds is 3. The first-order valence-corrected chi connectivity index (χ1v) is 6.99. The summed E-state index contributed by atoms with van der Waals surface area (Å²) in [5, 5.41) is 4.07. The number of pyridine rings is 1. The molecular formula is C15H12BrN3O2. The minimum Gasteiger partial charge on any atom is -0.494 e. The maximum atomic E-state index is 5.94. The predicted octanol–water partition coefficient (Wildman–Crippen LogP) is 3.76. The highest BCUT2D eigenvalue weighted by atomic mass is 79.9.